The number of para-hydroxylation sites is 1. The molecule has 3 rings (SSSR count). The van der Waals surface area contributed by atoms with Crippen molar-refractivity contribution in [1.82, 2.24) is 20.1 Å². The fourth-order valence-corrected chi connectivity index (χ4v) is 3.81. The Balaban J connectivity index is 1.74. The van der Waals surface area contributed by atoms with Gasteiger partial charge >= 0.3 is 0 Å². The minimum absolute atomic E-state index is 0.0233. The van der Waals surface area contributed by atoms with E-state index >= 15 is 0 Å². The summed E-state index contributed by atoms with van der Waals surface area (Å²) in [4.78, 5) is 12.4. The number of thioether (sulfide) groups is 1. The maximum atomic E-state index is 12.4. The smallest absolute Gasteiger partial charge is 0.230 e. The van der Waals surface area contributed by atoms with Crippen LogP contribution in [0.15, 0.2) is 65.8 Å². The molecular weight excluding hydrogens is 380 g/mol. The SMILES string of the molecule is CC(C)CCC(C)NC(=O)CSc1nnc(-c2ccccc2)n1-c1ccccc1. The van der Waals surface area contributed by atoms with E-state index in [2.05, 4.69) is 36.3 Å². The van der Waals surface area contributed by atoms with Crippen LogP contribution in [0.4, 0.5) is 0 Å². The number of amides is 1. The predicted molar refractivity (Wildman–Crippen MR) is 119 cm³/mol. The fraction of sp³-hybridized carbons (Fsp3) is 0.348. The number of rotatable bonds is 9. The van der Waals surface area contributed by atoms with Gasteiger partial charge in [0.15, 0.2) is 11.0 Å². The standard InChI is InChI=1S/C23H28N4OS/c1-17(2)14-15-18(3)24-21(28)16-29-23-26-25-22(19-10-6-4-7-11-19)27(23)20-12-8-5-9-13-20/h4-13,17-18H,14-16H2,1-3H3,(H,24,28). The number of carbonyl (C=O) groups is 1. The van der Waals surface area contributed by atoms with Gasteiger partial charge in [0.25, 0.3) is 0 Å². The van der Waals surface area contributed by atoms with Crippen molar-refractivity contribution >= 4 is 17.7 Å². The lowest BCUT2D eigenvalue weighted by Gasteiger charge is -2.15. The summed E-state index contributed by atoms with van der Waals surface area (Å²) in [6.45, 7) is 6.46. The summed E-state index contributed by atoms with van der Waals surface area (Å²) in [6, 6.07) is 20.2. The first-order valence-corrected chi connectivity index (χ1v) is 11.0. The van der Waals surface area contributed by atoms with E-state index in [-0.39, 0.29) is 11.9 Å². The molecule has 0 spiro atoms. The Labute approximate surface area is 176 Å². The van der Waals surface area contributed by atoms with E-state index in [9.17, 15) is 4.79 Å². The first-order valence-electron chi connectivity index (χ1n) is 10.0. The van der Waals surface area contributed by atoms with Crippen molar-refractivity contribution < 1.29 is 4.79 Å². The number of nitrogens with zero attached hydrogens (tertiary/aromatic N) is 3. The Morgan fingerprint density at radius 3 is 2.28 bits per heavy atom. The quantitative estimate of drug-likeness (QED) is 0.508. The van der Waals surface area contributed by atoms with E-state index in [0.29, 0.717) is 16.8 Å². The van der Waals surface area contributed by atoms with E-state index in [1.165, 1.54) is 11.8 Å². The van der Waals surface area contributed by atoms with Gasteiger partial charge < -0.3 is 5.32 Å². The first-order chi connectivity index (χ1) is 14.0. The van der Waals surface area contributed by atoms with Crippen LogP contribution in [-0.2, 0) is 4.79 Å². The highest BCUT2D eigenvalue weighted by atomic mass is 32.2. The molecule has 1 N–H and O–H groups in total. The van der Waals surface area contributed by atoms with Crippen LogP contribution in [0.25, 0.3) is 17.1 Å². The van der Waals surface area contributed by atoms with Crippen LogP contribution in [0.2, 0.25) is 0 Å². The molecule has 0 aliphatic carbocycles. The molecule has 6 heteroatoms. The Hall–Kier alpha value is -2.60. The average Bonchev–Trinajstić information content (AvgIpc) is 3.16. The van der Waals surface area contributed by atoms with Crippen LogP contribution < -0.4 is 5.32 Å². The van der Waals surface area contributed by atoms with Crippen molar-refractivity contribution in [2.45, 2.75) is 44.8 Å². The lowest BCUT2D eigenvalue weighted by Crippen LogP contribution is -2.34. The Kier molecular flexibility index (Phi) is 7.47. The van der Waals surface area contributed by atoms with E-state index in [0.717, 1.165) is 29.9 Å². The van der Waals surface area contributed by atoms with Crippen LogP contribution in [0.1, 0.15) is 33.6 Å². The Morgan fingerprint density at radius 1 is 0.966 bits per heavy atom. The third-order valence-electron chi connectivity index (χ3n) is 4.60. The molecule has 0 aliphatic rings. The lowest BCUT2D eigenvalue weighted by atomic mass is 10.0. The molecule has 0 radical (unpaired) electrons. The van der Waals surface area contributed by atoms with E-state index in [1.807, 2.05) is 65.2 Å². The van der Waals surface area contributed by atoms with Crippen molar-refractivity contribution in [3.8, 4) is 17.1 Å². The van der Waals surface area contributed by atoms with Gasteiger partial charge in [0, 0.05) is 17.3 Å². The topological polar surface area (TPSA) is 59.8 Å². The maximum Gasteiger partial charge on any atom is 0.230 e. The molecule has 1 atom stereocenters. The molecular formula is C23H28N4OS. The number of aromatic nitrogens is 3. The molecule has 1 amide bonds. The number of benzene rings is 2. The highest BCUT2D eigenvalue weighted by molar-refractivity contribution is 7.99. The van der Waals surface area contributed by atoms with Gasteiger partial charge in [-0.3, -0.25) is 9.36 Å². The van der Waals surface area contributed by atoms with Gasteiger partial charge in [-0.2, -0.15) is 0 Å². The zero-order chi connectivity index (χ0) is 20.6. The van der Waals surface area contributed by atoms with Crippen molar-refractivity contribution in [2.75, 3.05) is 5.75 Å². The number of hydrogen-bond donors (Lipinski definition) is 1. The van der Waals surface area contributed by atoms with E-state index in [1.54, 1.807) is 0 Å². The summed E-state index contributed by atoms with van der Waals surface area (Å²) < 4.78 is 2.01. The van der Waals surface area contributed by atoms with Gasteiger partial charge in [0.2, 0.25) is 5.91 Å². The maximum absolute atomic E-state index is 12.4. The molecule has 1 unspecified atom stereocenters. The van der Waals surface area contributed by atoms with Crippen molar-refractivity contribution in [3.05, 3.63) is 60.7 Å². The van der Waals surface area contributed by atoms with Gasteiger partial charge in [-0.25, -0.2) is 0 Å². The molecule has 1 heterocycles. The molecule has 0 aliphatic heterocycles. The fourth-order valence-electron chi connectivity index (χ4n) is 3.05. The van der Waals surface area contributed by atoms with Gasteiger partial charge in [-0.1, -0.05) is 74.1 Å². The first kappa shape index (κ1) is 21.1. The zero-order valence-corrected chi connectivity index (χ0v) is 18.0. The van der Waals surface area contributed by atoms with Gasteiger partial charge in [-0.05, 0) is 37.8 Å². The number of carbonyl (C=O) groups excluding carboxylic acids is 1. The summed E-state index contributed by atoms with van der Waals surface area (Å²) in [5.74, 6) is 1.75. The summed E-state index contributed by atoms with van der Waals surface area (Å²) >= 11 is 1.41. The second kappa shape index (κ2) is 10.3. The van der Waals surface area contributed by atoms with Crippen LogP contribution in [-0.4, -0.2) is 32.5 Å². The van der Waals surface area contributed by atoms with Gasteiger partial charge in [0.1, 0.15) is 0 Å². The second-order valence-corrected chi connectivity index (χ2v) is 8.51. The number of nitrogens with one attached hydrogen (secondary N) is 1. The molecule has 1 aromatic heterocycles. The van der Waals surface area contributed by atoms with Gasteiger partial charge in [0.05, 0.1) is 5.75 Å². The third-order valence-corrected chi connectivity index (χ3v) is 5.53. The minimum Gasteiger partial charge on any atom is -0.353 e. The van der Waals surface area contributed by atoms with Crippen molar-refractivity contribution in [3.63, 3.8) is 0 Å². The summed E-state index contributed by atoms with van der Waals surface area (Å²) in [5.41, 5.74) is 1.96. The van der Waals surface area contributed by atoms with Crippen LogP contribution in [0.3, 0.4) is 0 Å². The molecule has 3 aromatic rings. The second-order valence-electron chi connectivity index (χ2n) is 7.57. The molecule has 0 bridgehead atoms. The van der Waals surface area contributed by atoms with E-state index in [4.69, 9.17) is 0 Å². The lowest BCUT2D eigenvalue weighted by molar-refractivity contribution is -0.119. The molecule has 152 valence electrons. The molecule has 29 heavy (non-hydrogen) atoms. The van der Waals surface area contributed by atoms with Crippen LogP contribution >= 0.6 is 11.8 Å². The third kappa shape index (κ3) is 5.94. The molecule has 0 fully saturated rings. The normalized spacial score (nSPS) is 12.1. The molecule has 2 aromatic carbocycles. The van der Waals surface area contributed by atoms with Crippen LogP contribution in [0, 0.1) is 5.92 Å². The van der Waals surface area contributed by atoms with Crippen molar-refractivity contribution in [2.24, 2.45) is 5.92 Å². The summed E-state index contributed by atoms with van der Waals surface area (Å²) in [5, 5.41) is 12.6. The largest absolute Gasteiger partial charge is 0.353 e. The molecule has 0 saturated carbocycles. The zero-order valence-electron chi connectivity index (χ0n) is 17.2. The van der Waals surface area contributed by atoms with Crippen LogP contribution in [0.5, 0.6) is 0 Å². The predicted octanol–water partition coefficient (Wildman–Crippen LogP) is 4.97. The molecule has 0 saturated heterocycles. The summed E-state index contributed by atoms with van der Waals surface area (Å²) in [7, 11) is 0. The van der Waals surface area contributed by atoms with Crippen molar-refractivity contribution in [1.29, 1.82) is 0 Å². The van der Waals surface area contributed by atoms with E-state index < -0.39 is 0 Å². The van der Waals surface area contributed by atoms with Gasteiger partial charge in [-0.15, -0.1) is 10.2 Å². The monoisotopic (exact) mass is 408 g/mol. The Morgan fingerprint density at radius 2 is 1.62 bits per heavy atom. The summed E-state index contributed by atoms with van der Waals surface area (Å²) in [6.07, 6.45) is 2.10. The highest BCUT2D eigenvalue weighted by Crippen LogP contribution is 2.27. The Bertz CT molecular complexity index is 909. The highest BCUT2D eigenvalue weighted by Gasteiger charge is 2.17. The minimum atomic E-state index is 0.0233. The number of hydrogen-bond acceptors (Lipinski definition) is 4. The molecule has 5 nitrogen and oxygen atoms in total. The average molecular weight is 409 g/mol.